The number of carbonyl (C=O) groups is 1. The quantitative estimate of drug-likeness (QED) is 0.922. The molecule has 0 fully saturated rings. The van der Waals surface area contributed by atoms with E-state index in [1.54, 1.807) is 16.9 Å². The van der Waals surface area contributed by atoms with E-state index in [0.29, 0.717) is 5.56 Å². The highest BCUT2D eigenvalue weighted by Crippen LogP contribution is 2.19. The molecule has 2 aromatic rings. The summed E-state index contributed by atoms with van der Waals surface area (Å²) in [5.41, 5.74) is 2.57. The van der Waals surface area contributed by atoms with Crippen LogP contribution in [-0.2, 0) is 18.3 Å². The molecule has 118 valence electrons. The summed E-state index contributed by atoms with van der Waals surface area (Å²) in [6, 6.07) is 4.37. The molecular weight excluding hydrogens is 285 g/mol. The van der Waals surface area contributed by atoms with Gasteiger partial charge in [-0.1, -0.05) is 6.07 Å². The smallest absolute Gasteiger partial charge is 0.224 e. The van der Waals surface area contributed by atoms with Crippen LogP contribution in [0.2, 0.25) is 0 Å². The monoisotopic (exact) mass is 305 g/mol. The SMILES string of the molecule is COc1ccc(CC(=O)N[C@@H](C)c2cnn(C)c2C)cc1F. The Hall–Kier alpha value is -2.37. The van der Waals surface area contributed by atoms with E-state index in [9.17, 15) is 9.18 Å². The summed E-state index contributed by atoms with van der Waals surface area (Å²) in [5, 5.41) is 7.06. The third kappa shape index (κ3) is 3.44. The molecule has 0 unspecified atom stereocenters. The molecular formula is C16H20FN3O2. The van der Waals surface area contributed by atoms with Crippen LogP contribution in [0.25, 0.3) is 0 Å². The maximum absolute atomic E-state index is 13.6. The largest absolute Gasteiger partial charge is 0.494 e. The fraction of sp³-hybridized carbons (Fsp3) is 0.375. The van der Waals surface area contributed by atoms with Crippen molar-refractivity contribution < 1.29 is 13.9 Å². The van der Waals surface area contributed by atoms with Crippen LogP contribution in [0.3, 0.4) is 0 Å². The van der Waals surface area contributed by atoms with Crippen molar-refractivity contribution in [1.82, 2.24) is 15.1 Å². The minimum atomic E-state index is -0.469. The lowest BCUT2D eigenvalue weighted by molar-refractivity contribution is -0.121. The second-order valence-electron chi connectivity index (χ2n) is 5.24. The fourth-order valence-electron chi connectivity index (χ4n) is 2.32. The molecule has 1 atom stereocenters. The Kier molecular flexibility index (Phi) is 4.80. The average Bonchev–Trinajstić information content (AvgIpc) is 2.79. The van der Waals surface area contributed by atoms with Gasteiger partial charge in [0.2, 0.25) is 5.91 Å². The molecule has 0 aliphatic heterocycles. The third-order valence-electron chi connectivity index (χ3n) is 3.70. The zero-order valence-electron chi connectivity index (χ0n) is 13.2. The molecule has 0 saturated carbocycles. The predicted molar refractivity (Wildman–Crippen MR) is 81.2 cm³/mol. The van der Waals surface area contributed by atoms with Gasteiger partial charge < -0.3 is 10.1 Å². The molecule has 1 aromatic heterocycles. The van der Waals surface area contributed by atoms with Crippen molar-refractivity contribution in [2.24, 2.45) is 7.05 Å². The van der Waals surface area contributed by atoms with Gasteiger partial charge in [-0.3, -0.25) is 9.48 Å². The van der Waals surface area contributed by atoms with Gasteiger partial charge in [0.1, 0.15) is 0 Å². The lowest BCUT2D eigenvalue weighted by Crippen LogP contribution is -2.28. The number of halogens is 1. The second-order valence-corrected chi connectivity index (χ2v) is 5.24. The summed E-state index contributed by atoms with van der Waals surface area (Å²) in [4.78, 5) is 12.1. The zero-order valence-corrected chi connectivity index (χ0v) is 13.2. The Morgan fingerprint density at radius 2 is 2.23 bits per heavy atom. The number of rotatable bonds is 5. The number of amides is 1. The first-order chi connectivity index (χ1) is 10.4. The molecule has 22 heavy (non-hydrogen) atoms. The van der Waals surface area contributed by atoms with E-state index in [4.69, 9.17) is 4.74 Å². The number of nitrogens with zero attached hydrogens (tertiary/aromatic N) is 2. The number of methoxy groups -OCH3 is 1. The van der Waals surface area contributed by atoms with Crippen LogP contribution in [0, 0.1) is 12.7 Å². The maximum atomic E-state index is 13.6. The van der Waals surface area contributed by atoms with Gasteiger partial charge in [-0.2, -0.15) is 5.10 Å². The van der Waals surface area contributed by atoms with E-state index in [0.717, 1.165) is 11.3 Å². The third-order valence-corrected chi connectivity index (χ3v) is 3.70. The van der Waals surface area contributed by atoms with Gasteiger partial charge in [0.05, 0.1) is 25.8 Å². The van der Waals surface area contributed by atoms with Crippen molar-refractivity contribution >= 4 is 5.91 Å². The summed E-state index contributed by atoms with van der Waals surface area (Å²) >= 11 is 0. The maximum Gasteiger partial charge on any atom is 0.224 e. The number of hydrogen-bond acceptors (Lipinski definition) is 3. The summed E-state index contributed by atoms with van der Waals surface area (Å²) in [6.07, 6.45) is 1.86. The summed E-state index contributed by atoms with van der Waals surface area (Å²) < 4.78 is 20.2. The van der Waals surface area contributed by atoms with Crippen molar-refractivity contribution in [3.63, 3.8) is 0 Å². The van der Waals surface area contributed by atoms with Crippen molar-refractivity contribution in [1.29, 1.82) is 0 Å². The average molecular weight is 305 g/mol. The van der Waals surface area contributed by atoms with Gasteiger partial charge in [0.15, 0.2) is 11.6 Å². The van der Waals surface area contributed by atoms with E-state index in [-0.39, 0.29) is 24.1 Å². The van der Waals surface area contributed by atoms with Gasteiger partial charge >= 0.3 is 0 Å². The molecule has 6 heteroatoms. The van der Waals surface area contributed by atoms with Crippen LogP contribution in [0.1, 0.15) is 29.8 Å². The predicted octanol–water partition coefficient (Wildman–Crippen LogP) is 2.30. The molecule has 1 aromatic carbocycles. The van der Waals surface area contributed by atoms with Crippen LogP contribution in [0.5, 0.6) is 5.75 Å². The molecule has 0 radical (unpaired) electrons. The lowest BCUT2D eigenvalue weighted by atomic mass is 10.1. The highest BCUT2D eigenvalue weighted by Gasteiger charge is 2.15. The molecule has 0 aliphatic rings. The molecule has 0 aliphatic carbocycles. The zero-order chi connectivity index (χ0) is 16.3. The van der Waals surface area contributed by atoms with Crippen molar-refractivity contribution in [2.45, 2.75) is 26.3 Å². The number of aryl methyl sites for hydroxylation is 1. The summed E-state index contributed by atoms with van der Waals surface area (Å²) in [6.45, 7) is 3.85. The first-order valence-electron chi connectivity index (χ1n) is 7.02. The molecule has 1 heterocycles. The Bertz CT molecular complexity index is 682. The van der Waals surface area contributed by atoms with Gasteiger partial charge in [0.25, 0.3) is 0 Å². The number of hydrogen-bond donors (Lipinski definition) is 1. The Balaban J connectivity index is 2.01. The van der Waals surface area contributed by atoms with Crippen molar-refractivity contribution in [3.8, 4) is 5.75 Å². The Morgan fingerprint density at radius 1 is 1.50 bits per heavy atom. The number of carbonyl (C=O) groups excluding carboxylic acids is 1. The molecule has 5 nitrogen and oxygen atoms in total. The number of ether oxygens (including phenoxy) is 1. The van der Waals surface area contributed by atoms with Gasteiger partial charge in [0, 0.05) is 18.3 Å². The first-order valence-corrected chi connectivity index (χ1v) is 7.02. The van der Waals surface area contributed by atoms with Crippen LogP contribution >= 0.6 is 0 Å². The molecule has 0 saturated heterocycles. The highest BCUT2D eigenvalue weighted by atomic mass is 19.1. The summed E-state index contributed by atoms with van der Waals surface area (Å²) in [7, 11) is 3.26. The molecule has 1 amide bonds. The van der Waals surface area contributed by atoms with E-state index < -0.39 is 5.82 Å². The van der Waals surface area contributed by atoms with Crippen LogP contribution in [-0.4, -0.2) is 22.8 Å². The van der Waals surface area contributed by atoms with Gasteiger partial charge in [-0.05, 0) is 31.5 Å². The van der Waals surface area contributed by atoms with E-state index >= 15 is 0 Å². The van der Waals surface area contributed by atoms with Gasteiger partial charge in [-0.15, -0.1) is 0 Å². The van der Waals surface area contributed by atoms with Crippen LogP contribution in [0.4, 0.5) is 4.39 Å². The first kappa shape index (κ1) is 16.0. The number of benzene rings is 1. The summed E-state index contributed by atoms with van der Waals surface area (Å²) in [5.74, 6) is -0.465. The topological polar surface area (TPSA) is 56.1 Å². The number of nitrogens with one attached hydrogen (secondary N) is 1. The van der Waals surface area contributed by atoms with Crippen molar-refractivity contribution in [3.05, 3.63) is 47.0 Å². The van der Waals surface area contributed by atoms with Crippen LogP contribution < -0.4 is 10.1 Å². The molecule has 0 bridgehead atoms. The second kappa shape index (κ2) is 6.60. The fourth-order valence-corrected chi connectivity index (χ4v) is 2.32. The number of aromatic nitrogens is 2. The minimum Gasteiger partial charge on any atom is -0.494 e. The van der Waals surface area contributed by atoms with E-state index in [1.807, 2.05) is 20.9 Å². The van der Waals surface area contributed by atoms with Crippen molar-refractivity contribution in [2.75, 3.05) is 7.11 Å². The van der Waals surface area contributed by atoms with E-state index in [1.165, 1.54) is 19.2 Å². The Morgan fingerprint density at radius 3 is 2.77 bits per heavy atom. The standard InChI is InChI=1S/C16H20FN3O2/c1-10(13-9-18-20(3)11(13)2)19-16(21)8-12-5-6-15(22-4)14(17)7-12/h5-7,9-10H,8H2,1-4H3,(H,19,21)/t10-/m0/s1. The normalized spacial score (nSPS) is 12.0. The highest BCUT2D eigenvalue weighted by molar-refractivity contribution is 5.79. The Labute approximate surface area is 129 Å². The molecule has 2 rings (SSSR count). The van der Waals surface area contributed by atoms with Gasteiger partial charge in [-0.25, -0.2) is 4.39 Å². The van der Waals surface area contributed by atoms with E-state index in [2.05, 4.69) is 10.4 Å². The molecule has 0 spiro atoms. The minimum absolute atomic E-state index is 0.116. The van der Waals surface area contributed by atoms with Crippen LogP contribution in [0.15, 0.2) is 24.4 Å². The molecule has 1 N–H and O–H groups in total. The lowest BCUT2D eigenvalue weighted by Gasteiger charge is -2.14.